The van der Waals surface area contributed by atoms with Crippen molar-refractivity contribution in [2.45, 2.75) is 13.3 Å². The smallest absolute Gasteiger partial charge is 0.319 e. The van der Waals surface area contributed by atoms with Gasteiger partial charge >= 0.3 is 6.03 Å². The van der Waals surface area contributed by atoms with Gasteiger partial charge in [0, 0.05) is 17.6 Å². The van der Waals surface area contributed by atoms with Gasteiger partial charge in [0.05, 0.1) is 5.69 Å². The van der Waals surface area contributed by atoms with Gasteiger partial charge in [0.1, 0.15) is 5.82 Å². The van der Waals surface area contributed by atoms with Crippen molar-refractivity contribution < 1.29 is 14.3 Å². The molecule has 18 heavy (non-hydrogen) atoms. The lowest BCUT2D eigenvalue weighted by Gasteiger charge is -2.12. The van der Waals surface area contributed by atoms with Crippen molar-refractivity contribution in [3.63, 3.8) is 0 Å². The number of carbonyl (C=O) groups excluding carboxylic acids is 1. The van der Waals surface area contributed by atoms with E-state index >= 15 is 0 Å². The van der Waals surface area contributed by atoms with Crippen molar-refractivity contribution >= 4 is 27.6 Å². The van der Waals surface area contributed by atoms with Crippen LogP contribution in [0.3, 0.4) is 0 Å². The van der Waals surface area contributed by atoms with Gasteiger partial charge in [-0.25, -0.2) is 9.18 Å². The van der Waals surface area contributed by atoms with Crippen molar-refractivity contribution in [2.24, 2.45) is 5.92 Å². The molecule has 0 heterocycles. The first-order valence-electron chi connectivity index (χ1n) is 5.63. The van der Waals surface area contributed by atoms with Crippen LogP contribution in [0.5, 0.6) is 0 Å². The van der Waals surface area contributed by atoms with E-state index in [2.05, 4.69) is 26.6 Å². The molecule has 6 heteroatoms. The van der Waals surface area contributed by atoms with Crippen molar-refractivity contribution in [1.82, 2.24) is 5.32 Å². The summed E-state index contributed by atoms with van der Waals surface area (Å²) in [4.78, 5) is 11.6. The molecule has 3 N–H and O–H groups in total. The predicted molar refractivity (Wildman–Crippen MR) is 72.0 cm³/mol. The lowest BCUT2D eigenvalue weighted by atomic mass is 10.1. The summed E-state index contributed by atoms with van der Waals surface area (Å²) in [5, 5.41) is 13.9. The van der Waals surface area contributed by atoms with E-state index in [0.29, 0.717) is 23.1 Å². The van der Waals surface area contributed by atoms with Gasteiger partial charge in [0.15, 0.2) is 0 Å². The van der Waals surface area contributed by atoms with Gasteiger partial charge in [-0.2, -0.15) is 0 Å². The molecule has 4 nitrogen and oxygen atoms in total. The molecule has 1 atom stereocenters. The fourth-order valence-corrected chi connectivity index (χ4v) is 1.69. The van der Waals surface area contributed by atoms with E-state index in [1.165, 1.54) is 18.2 Å². The Bertz CT molecular complexity index is 415. The zero-order valence-electron chi connectivity index (χ0n) is 10.0. The summed E-state index contributed by atoms with van der Waals surface area (Å²) in [7, 11) is 0. The highest BCUT2D eigenvalue weighted by molar-refractivity contribution is 9.10. The third kappa shape index (κ3) is 5.01. The average Bonchev–Trinajstić information content (AvgIpc) is 2.32. The third-order valence-corrected chi connectivity index (χ3v) is 3.10. The number of rotatable bonds is 5. The topological polar surface area (TPSA) is 61.4 Å². The lowest BCUT2D eigenvalue weighted by molar-refractivity contribution is 0.243. The number of anilines is 1. The monoisotopic (exact) mass is 318 g/mol. The van der Waals surface area contributed by atoms with E-state index in [-0.39, 0.29) is 12.5 Å². The highest BCUT2D eigenvalue weighted by atomic mass is 79.9. The predicted octanol–water partition coefficient (Wildman–Crippen LogP) is 2.73. The molecule has 0 saturated carbocycles. The minimum Gasteiger partial charge on any atom is -0.396 e. The molecule has 1 aromatic rings. The van der Waals surface area contributed by atoms with Gasteiger partial charge in [-0.05, 0) is 46.5 Å². The van der Waals surface area contributed by atoms with Gasteiger partial charge in [0.2, 0.25) is 0 Å². The van der Waals surface area contributed by atoms with Crippen LogP contribution in [0, 0.1) is 11.7 Å². The van der Waals surface area contributed by atoms with Gasteiger partial charge < -0.3 is 15.7 Å². The summed E-state index contributed by atoms with van der Waals surface area (Å²) in [5.41, 5.74) is 0.377. The fourth-order valence-electron chi connectivity index (χ4n) is 1.35. The minimum atomic E-state index is -0.415. The molecule has 1 rings (SSSR count). The van der Waals surface area contributed by atoms with Crippen molar-refractivity contribution in [3.8, 4) is 0 Å². The molecule has 0 aromatic heterocycles. The quantitative estimate of drug-likeness (QED) is 0.781. The number of hydrogen-bond donors (Lipinski definition) is 3. The zero-order valence-corrected chi connectivity index (χ0v) is 11.6. The van der Waals surface area contributed by atoms with Gasteiger partial charge in [0.25, 0.3) is 0 Å². The number of urea groups is 1. The Hall–Kier alpha value is -1.14. The number of amides is 2. The summed E-state index contributed by atoms with van der Waals surface area (Å²) in [6.07, 6.45) is 0.629. The zero-order chi connectivity index (χ0) is 13.5. The van der Waals surface area contributed by atoms with Crippen LogP contribution in [0.2, 0.25) is 0 Å². The second-order valence-corrected chi connectivity index (χ2v) is 4.93. The number of nitrogens with one attached hydrogen (secondary N) is 2. The van der Waals surface area contributed by atoms with Crippen molar-refractivity contribution in [3.05, 3.63) is 28.5 Å². The lowest BCUT2D eigenvalue weighted by Crippen LogP contribution is -2.32. The largest absolute Gasteiger partial charge is 0.396 e. The molecular formula is C12H16BrFN2O2. The Morgan fingerprint density at radius 3 is 2.94 bits per heavy atom. The number of carbonyl (C=O) groups is 1. The first-order valence-corrected chi connectivity index (χ1v) is 6.43. The van der Waals surface area contributed by atoms with Crippen molar-refractivity contribution in [1.29, 1.82) is 0 Å². The van der Waals surface area contributed by atoms with Crippen LogP contribution in [-0.2, 0) is 0 Å². The Kier molecular flexibility index (Phi) is 6.07. The summed E-state index contributed by atoms with van der Waals surface area (Å²) in [6.45, 7) is 2.48. The highest BCUT2D eigenvalue weighted by Crippen LogP contribution is 2.22. The average molecular weight is 319 g/mol. The molecule has 0 saturated heterocycles. The van der Waals surface area contributed by atoms with Crippen LogP contribution in [0.15, 0.2) is 22.7 Å². The summed E-state index contributed by atoms with van der Waals surface area (Å²) in [5.74, 6) is -0.223. The van der Waals surface area contributed by atoms with E-state index in [4.69, 9.17) is 5.11 Å². The minimum absolute atomic E-state index is 0.0971. The van der Waals surface area contributed by atoms with Crippen molar-refractivity contribution in [2.75, 3.05) is 18.5 Å². The molecule has 0 bridgehead atoms. The van der Waals surface area contributed by atoms with E-state index in [1.807, 2.05) is 6.92 Å². The van der Waals surface area contributed by atoms with E-state index in [0.717, 1.165) is 0 Å². The molecule has 2 amide bonds. The van der Waals surface area contributed by atoms with Crippen LogP contribution in [0.1, 0.15) is 13.3 Å². The van der Waals surface area contributed by atoms with Crippen LogP contribution < -0.4 is 10.6 Å². The van der Waals surface area contributed by atoms with Crippen LogP contribution in [-0.4, -0.2) is 24.3 Å². The van der Waals surface area contributed by atoms with E-state index < -0.39 is 11.8 Å². The molecular weight excluding hydrogens is 303 g/mol. The molecule has 100 valence electrons. The summed E-state index contributed by atoms with van der Waals surface area (Å²) in [6, 6.07) is 3.67. The SMILES string of the molecule is CC(CCO)CNC(=O)Nc1cc(F)ccc1Br. The van der Waals surface area contributed by atoms with Crippen LogP contribution >= 0.6 is 15.9 Å². The third-order valence-electron chi connectivity index (χ3n) is 2.41. The fraction of sp³-hybridized carbons (Fsp3) is 0.417. The standard InChI is InChI=1S/C12H16BrFN2O2/c1-8(4-5-17)7-15-12(18)16-11-6-9(14)2-3-10(11)13/h2-3,6,8,17H,4-5,7H2,1H3,(H2,15,16,18). The maximum atomic E-state index is 13.0. The molecule has 0 radical (unpaired) electrons. The van der Waals surface area contributed by atoms with Gasteiger partial charge in [-0.15, -0.1) is 0 Å². The Morgan fingerprint density at radius 1 is 1.56 bits per heavy atom. The maximum Gasteiger partial charge on any atom is 0.319 e. The Morgan fingerprint density at radius 2 is 2.28 bits per heavy atom. The molecule has 1 aromatic carbocycles. The van der Waals surface area contributed by atoms with Gasteiger partial charge in [-0.1, -0.05) is 6.92 Å². The highest BCUT2D eigenvalue weighted by Gasteiger charge is 2.08. The molecule has 0 aliphatic heterocycles. The number of aliphatic hydroxyl groups is 1. The first-order chi connectivity index (χ1) is 8.52. The van der Waals surface area contributed by atoms with E-state index in [9.17, 15) is 9.18 Å². The molecule has 0 spiro atoms. The molecule has 1 unspecified atom stereocenters. The number of benzene rings is 1. The number of halogens is 2. The van der Waals surface area contributed by atoms with Crippen LogP contribution in [0.4, 0.5) is 14.9 Å². The normalized spacial score (nSPS) is 12.0. The first kappa shape index (κ1) is 14.9. The number of aliphatic hydroxyl groups excluding tert-OH is 1. The Balaban J connectivity index is 2.47. The second-order valence-electron chi connectivity index (χ2n) is 4.08. The molecule has 0 fully saturated rings. The molecule has 0 aliphatic carbocycles. The van der Waals surface area contributed by atoms with E-state index in [1.54, 1.807) is 0 Å². The summed E-state index contributed by atoms with van der Waals surface area (Å²) < 4.78 is 13.6. The Labute approximate surface area is 114 Å². The summed E-state index contributed by atoms with van der Waals surface area (Å²) >= 11 is 3.22. The second kappa shape index (κ2) is 7.33. The van der Waals surface area contributed by atoms with Gasteiger partial charge in [-0.3, -0.25) is 0 Å². The maximum absolute atomic E-state index is 13.0. The number of hydrogen-bond acceptors (Lipinski definition) is 2. The molecule has 0 aliphatic rings. The van der Waals surface area contributed by atoms with Crippen LogP contribution in [0.25, 0.3) is 0 Å².